The second-order valence-corrected chi connectivity index (χ2v) is 10.9. The zero-order valence-corrected chi connectivity index (χ0v) is 25.0. The quantitative estimate of drug-likeness (QED) is 0.103. The molecule has 6 aromatic rings. The van der Waals surface area contributed by atoms with E-state index in [1.165, 1.54) is 53.5 Å². The van der Waals surface area contributed by atoms with Crippen molar-refractivity contribution in [3.8, 4) is 27.9 Å². The molecule has 1 atom stereocenters. The predicted molar refractivity (Wildman–Crippen MR) is 156 cm³/mol. The Kier molecular flexibility index (Phi) is 8.57. The van der Waals surface area contributed by atoms with Gasteiger partial charge in [0, 0.05) is 36.0 Å². The number of rotatable bonds is 9. The number of hydrogen-bond donors (Lipinski definition) is 1. The van der Waals surface area contributed by atoms with E-state index in [2.05, 4.69) is 20.5 Å². The lowest BCUT2D eigenvalue weighted by Crippen LogP contribution is -2.36. The highest BCUT2D eigenvalue weighted by Gasteiger charge is 2.35. The van der Waals surface area contributed by atoms with Crippen molar-refractivity contribution >= 4 is 17.6 Å². The van der Waals surface area contributed by atoms with Gasteiger partial charge in [-0.15, -0.1) is 5.10 Å². The zero-order valence-electron chi connectivity index (χ0n) is 24.2. The molecular weight excluding hydrogens is 689 g/mol. The van der Waals surface area contributed by atoms with Crippen molar-refractivity contribution in [2.24, 2.45) is 0 Å². The molecule has 0 spiro atoms. The summed E-state index contributed by atoms with van der Waals surface area (Å²) in [7, 11) is 0. The van der Waals surface area contributed by atoms with Gasteiger partial charge >= 0.3 is 18.7 Å². The maximum Gasteiger partial charge on any atom is 0.436 e. The first-order valence-electron chi connectivity index (χ1n) is 13.8. The van der Waals surface area contributed by atoms with Crippen LogP contribution in [0.15, 0.2) is 79.5 Å². The molecule has 4 aromatic heterocycles. The molecule has 6 rings (SSSR count). The monoisotopic (exact) mass is 706 g/mol. The SMILES string of the molecule is O=C(O)c1ccc(-c2cnn(C(Cc3ccn(C(F)F)n3)c3ccc(-c4c(-n5cc(C(F)(F)F)nn5)ccc(Cl)c4F)c[n+]3[O-])c2)c(F)c1. The van der Waals surface area contributed by atoms with Gasteiger partial charge < -0.3 is 10.3 Å². The number of hydrogen-bond acceptors (Lipinski definition) is 6. The fourth-order valence-electron chi connectivity index (χ4n) is 5.07. The maximum absolute atomic E-state index is 15.5. The van der Waals surface area contributed by atoms with Crippen LogP contribution < -0.4 is 4.73 Å². The van der Waals surface area contributed by atoms with E-state index in [4.69, 9.17) is 16.7 Å². The van der Waals surface area contributed by atoms with Crippen LogP contribution in [-0.2, 0) is 12.6 Å². The van der Waals surface area contributed by atoms with E-state index in [-0.39, 0.29) is 51.3 Å². The minimum absolute atomic E-state index is 0.0203. The zero-order chi connectivity index (χ0) is 35.2. The molecule has 4 heterocycles. The van der Waals surface area contributed by atoms with Gasteiger partial charge in [0.2, 0.25) is 5.69 Å². The van der Waals surface area contributed by atoms with E-state index >= 15 is 4.39 Å². The Hall–Kier alpha value is -5.78. The van der Waals surface area contributed by atoms with Crippen molar-refractivity contribution in [2.45, 2.75) is 25.2 Å². The van der Waals surface area contributed by atoms with Crippen LogP contribution in [0.5, 0.6) is 0 Å². The van der Waals surface area contributed by atoms with Crippen LogP contribution in [-0.4, -0.2) is 45.6 Å². The number of benzene rings is 2. The van der Waals surface area contributed by atoms with E-state index in [1.807, 2.05) is 0 Å². The second-order valence-electron chi connectivity index (χ2n) is 10.5. The summed E-state index contributed by atoms with van der Waals surface area (Å²) in [4.78, 5) is 11.2. The van der Waals surface area contributed by atoms with Gasteiger partial charge in [-0.25, -0.2) is 22.9 Å². The van der Waals surface area contributed by atoms with Gasteiger partial charge in [-0.05, 0) is 36.4 Å². The van der Waals surface area contributed by atoms with E-state index < -0.39 is 47.1 Å². The smallest absolute Gasteiger partial charge is 0.436 e. The van der Waals surface area contributed by atoms with Crippen LogP contribution in [0.2, 0.25) is 5.02 Å². The van der Waals surface area contributed by atoms with E-state index in [0.717, 1.165) is 24.5 Å². The van der Waals surface area contributed by atoms with Gasteiger partial charge in [-0.2, -0.15) is 36.9 Å². The third kappa shape index (κ3) is 6.54. The molecule has 0 bridgehead atoms. The Bertz CT molecular complexity index is 2200. The summed E-state index contributed by atoms with van der Waals surface area (Å²) in [6, 6.07) is 8.25. The van der Waals surface area contributed by atoms with E-state index in [0.29, 0.717) is 20.3 Å². The second kappa shape index (κ2) is 12.7. The van der Waals surface area contributed by atoms with E-state index in [1.54, 1.807) is 0 Å². The van der Waals surface area contributed by atoms with Crippen LogP contribution in [0.1, 0.15) is 40.0 Å². The van der Waals surface area contributed by atoms with Crippen LogP contribution >= 0.6 is 11.6 Å². The average molecular weight is 707 g/mol. The van der Waals surface area contributed by atoms with Gasteiger partial charge in [-0.3, -0.25) is 4.68 Å². The number of aromatic nitrogens is 8. The average Bonchev–Trinajstić information content (AvgIpc) is 3.83. The van der Waals surface area contributed by atoms with Gasteiger partial charge in [0.25, 0.3) is 0 Å². The highest BCUT2D eigenvalue weighted by atomic mass is 35.5. The standard InChI is InChI=1S/C30H18ClF7N8O3/c31-20-4-6-23(45-14-25(40-42-45)30(36,37)38)26(27(20)33)16-2-5-22(46(49)13-16)24(10-18-7-8-43(41-18)29(34)35)44-12-17(11-39-44)19-3-1-15(28(47)48)9-21(19)32/h1-9,11-14,24,29H,10H2,(H,47,48). The number of carbonyl (C=O) groups is 1. The summed E-state index contributed by atoms with van der Waals surface area (Å²) in [5, 5.41) is 37.0. The number of halogens is 8. The molecule has 252 valence electrons. The molecule has 0 radical (unpaired) electrons. The Morgan fingerprint density at radius 1 is 1.02 bits per heavy atom. The van der Waals surface area contributed by atoms with Crippen molar-refractivity contribution in [3.63, 3.8) is 0 Å². The molecule has 0 saturated carbocycles. The van der Waals surface area contributed by atoms with Crippen molar-refractivity contribution in [3.05, 3.63) is 124 Å². The third-order valence-electron chi connectivity index (χ3n) is 7.39. The molecule has 19 heteroatoms. The number of nitrogens with zero attached hydrogens (tertiary/aromatic N) is 8. The first kappa shape index (κ1) is 33.1. The van der Waals surface area contributed by atoms with Gasteiger partial charge in [0.1, 0.15) is 11.9 Å². The molecular formula is C30H18ClF7N8O3. The summed E-state index contributed by atoms with van der Waals surface area (Å²) in [6.07, 6.45) is 0.0365. The first-order chi connectivity index (χ1) is 23.2. The summed E-state index contributed by atoms with van der Waals surface area (Å²) in [5.41, 5.74) is -2.17. The molecule has 1 unspecified atom stereocenters. The molecule has 0 saturated heterocycles. The number of carboxylic acid groups (broad SMARTS) is 1. The largest absolute Gasteiger partial charge is 0.618 e. The van der Waals surface area contributed by atoms with Crippen molar-refractivity contribution < 1.29 is 45.4 Å². The van der Waals surface area contributed by atoms with Crippen LogP contribution in [0.4, 0.5) is 30.7 Å². The Morgan fingerprint density at radius 3 is 2.43 bits per heavy atom. The summed E-state index contributed by atoms with van der Waals surface area (Å²) >= 11 is 5.99. The number of carboxylic acids is 1. The maximum atomic E-state index is 15.5. The minimum Gasteiger partial charge on any atom is -0.618 e. The molecule has 0 aliphatic carbocycles. The normalized spacial score (nSPS) is 12.5. The summed E-state index contributed by atoms with van der Waals surface area (Å²) in [5.74, 6) is -3.29. The van der Waals surface area contributed by atoms with Gasteiger partial charge in [0.05, 0.1) is 45.5 Å². The fraction of sp³-hybridized carbons (Fsp3) is 0.133. The number of pyridine rings is 1. The molecule has 2 aromatic carbocycles. The molecule has 0 aliphatic rings. The van der Waals surface area contributed by atoms with Crippen LogP contribution in [0, 0.1) is 16.8 Å². The molecule has 0 aliphatic heterocycles. The lowest BCUT2D eigenvalue weighted by atomic mass is 10.0. The first-order valence-corrected chi connectivity index (χ1v) is 14.2. The highest BCUT2D eigenvalue weighted by Crippen LogP contribution is 2.35. The van der Waals surface area contributed by atoms with Crippen molar-refractivity contribution in [1.29, 1.82) is 0 Å². The summed E-state index contributed by atoms with van der Waals surface area (Å²) < 4.78 is 99.1. The molecule has 1 N–H and O–H groups in total. The van der Waals surface area contributed by atoms with Gasteiger partial charge in [0.15, 0.2) is 17.7 Å². The number of aromatic carboxylic acids is 1. The lowest BCUT2D eigenvalue weighted by Gasteiger charge is -2.18. The minimum atomic E-state index is -4.84. The van der Waals surface area contributed by atoms with Crippen molar-refractivity contribution in [1.82, 2.24) is 34.6 Å². The highest BCUT2D eigenvalue weighted by molar-refractivity contribution is 6.31. The summed E-state index contributed by atoms with van der Waals surface area (Å²) in [6.45, 7) is -2.96. The molecule has 0 amide bonds. The molecule has 49 heavy (non-hydrogen) atoms. The topological polar surface area (TPSA) is 131 Å². The van der Waals surface area contributed by atoms with Crippen molar-refractivity contribution in [2.75, 3.05) is 0 Å². The Balaban J connectivity index is 1.43. The number of alkyl halides is 5. The lowest BCUT2D eigenvalue weighted by molar-refractivity contribution is -0.615. The van der Waals surface area contributed by atoms with Crippen LogP contribution in [0.3, 0.4) is 0 Å². The fourth-order valence-corrected chi connectivity index (χ4v) is 5.23. The Morgan fingerprint density at radius 2 is 1.80 bits per heavy atom. The Labute approximate surface area is 274 Å². The van der Waals surface area contributed by atoms with Gasteiger partial charge in [-0.1, -0.05) is 22.9 Å². The third-order valence-corrected chi connectivity index (χ3v) is 7.68. The molecule has 11 nitrogen and oxygen atoms in total. The predicted octanol–water partition coefficient (Wildman–Crippen LogP) is 6.50. The molecule has 0 fully saturated rings. The van der Waals surface area contributed by atoms with Crippen LogP contribution in [0.25, 0.3) is 27.9 Å². The van der Waals surface area contributed by atoms with E-state index in [9.17, 15) is 36.3 Å².